The van der Waals surface area contributed by atoms with Crippen LogP contribution in [0.1, 0.15) is 20.7 Å². The molecular formula is C14H15N7O4. The lowest BCUT2D eigenvalue weighted by molar-refractivity contribution is 0.0599. The Hall–Kier alpha value is -3.76. The lowest BCUT2D eigenvalue weighted by Gasteiger charge is -2.05. The molecule has 25 heavy (non-hydrogen) atoms. The van der Waals surface area contributed by atoms with Gasteiger partial charge in [-0.15, -0.1) is 5.11 Å². The third kappa shape index (κ3) is 3.96. The van der Waals surface area contributed by atoms with Crippen LogP contribution in [0.2, 0.25) is 0 Å². The lowest BCUT2D eigenvalue weighted by Crippen LogP contribution is -2.06. The van der Waals surface area contributed by atoms with Gasteiger partial charge in [-0.3, -0.25) is 0 Å². The van der Waals surface area contributed by atoms with E-state index >= 15 is 0 Å². The van der Waals surface area contributed by atoms with Crippen LogP contribution in [0, 0.1) is 0 Å². The predicted molar refractivity (Wildman–Crippen MR) is 88.6 cm³/mol. The van der Waals surface area contributed by atoms with Crippen molar-refractivity contribution in [3.8, 4) is 0 Å². The smallest absolute Gasteiger partial charge is 0.337 e. The van der Waals surface area contributed by atoms with Gasteiger partial charge in [0.25, 0.3) is 0 Å². The minimum absolute atomic E-state index is 0.0114. The minimum atomic E-state index is -0.656. The van der Waals surface area contributed by atoms with Crippen molar-refractivity contribution in [2.75, 3.05) is 31.4 Å². The maximum Gasteiger partial charge on any atom is 0.337 e. The van der Waals surface area contributed by atoms with Crippen LogP contribution >= 0.6 is 0 Å². The van der Waals surface area contributed by atoms with Crippen molar-refractivity contribution in [3.63, 3.8) is 0 Å². The van der Waals surface area contributed by atoms with Crippen molar-refractivity contribution in [1.29, 1.82) is 0 Å². The number of nitrogens with two attached hydrogens (primary N) is 3. The quantitative estimate of drug-likeness (QED) is 0.541. The van der Waals surface area contributed by atoms with E-state index in [4.69, 9.17) is 17.2 Å². The highest BCUT2D eigenvalue weighted by atomic mass is 16.5. The number of anilines is 3. The molecule has 0 saturated carbocycles. The Morgan fingerprint density at radius 3 is 1.80 bits per heavy atom. The van der Waals surface area contributed by atoms with Crippen LogP contribution in [-0.2, 0) is 9.47 Å². The molecule has 0 amide bonds. The molecule has 1 heterocycles. The number of esters is 2. The van der Waals surface area contributed by atoms with Crippen LogP contribution in [0.5, 0.6) is 0 Å². The molecule has 0 spiro atoms. The van der Waals surface area contributed by atoms with Gasteiger partial charge in [-0.1, -0.05) is 0 Å². The summed E-state index contributed by atoms with van der Waals surface area (Å²) in [4.78, 5) is 30.9. The van der Waals surface area contributed by atoms with Crippen molar-refractivity contribution in [3.05, 3.63) is 29.3 Å². The molecule has 0 bridgehead atoms. The summed E-state index contributed by atoms with van der Waals surface area (Å²) in [6, 6.07) is 4.05. The minimum Gasteiger partial charge on any atom is -0.465 e. The Balaban J connectivity index is 2.48. The summed E-state index contributed by atoms with van der Waals surface area (Å²) in [7, 11) is 2.42. The third-order valence-electron chi connectivity index (χ3n) is 2.98. The van der Waals surface area contributed by atoms with Crippen molar-refractivity contribution < 1.29 is 19.1 Å². The zero-order valence-electron chi connectivity index (χ0n) is 13.4. The number of azo groups is 1. The van der Waals surface area contributed by atoms with Gasteiger partial charge >= 0.3 is 11.9 Å². The van der Waals surface area contributed by atoms with Crippen LogP contribution in [-0.4, -0.2) is 36.1 Å². The van der Waals surface area contributed by atoms with E-state index in [1.54, 1.807) is 0 Å². The number of nitrogens with zero attached hydrogens (tertiary/aromatic N) is 4. The lowest BCUT2D eigenvalue weighted by atomic mass is 10.1. The number of nitrogen functional groups attached to an aromatic ring is 3. The average molecular weight is 345 g/mol. The van der Waals surface area contributed by atoms with Crippen LogP contribution < -0.4 is 17.2 Å². The first-order chi connectivity index (χ1) is 11.8. The number of benzene rings is 1. The number of rotatable bonds is 4. The maximum absolute atomic E-state index is 11.7. The number of aromatic nitrogens is 2. The molecule has 0 aliphatic rings. The maximum atomic E-state index is 11.7. The third-order valence-corrected chi connectivity index (χ3v) is 2.98. The van der Waals surface area contributed by atoms with Gasteiger partial charge in [0.2, 0.25) is 5.95 Å². The monoisotopic (exact) mass is 345 g/mol. The molecule has 11 heteroatoms. The molecule has 0 fully saturated rings. The predicted octanol–water partition coefficient (Wildman–Crippen LogP) is 1.21. The molecule has 2 aromatic rings. The summed E-state index contributed by atoms with van der Waals surface area (Å²) >= 11 is 0. The second kappa shape index (κ2) is 7.21. The number of methoxy groups -OCH3 is 2. The van der Waals surface area contributed by atoms with Crippen molar-refractivity contribution in [2.45, 2.75) is 0 Å². The van der Waals surface area contributed by atoms with E-state index in [1.165, 1.54) is 32.4 Å². The Labute approximate surface area is 141 Å². The fourth-order valence-corrected chi connectivity index (χ4v) is 1.86. The second-order valence-electron chi connectivity index (χ2n) is 4.65. The first-order valence-corrected chi connectivity index (χ1v) is 6.77. The van der Waals surface area contributed by atoms with E-state index in [1.807, 2.05) is 0 Å². The van der Waals surface area contributed by atoms with Gasteiger partial charge < -0.3 is 26.7 Å². The Bertz CT molecular complexity index is 809. The van der Waals surface area contributed by atoms with Crippen LogP contribution in [0.15, 0.2) is 28.4 Å². The van der Waals surface area contributed by atoms with Crippen LogP contribution in [0.4, 0.5) is 29.0 Å². The highest BCUT2D eigenvalue weighted by Crippen LogP contribution is 2.29. The molecule has 0 aliphatic heterocycles. The molecule has 6 N–H and O–H groups in total. The second-order valence-corrected chi connectivity index (χ2v) is 4.65. The standard InChI is InChI=1S/C14H15N7O4/c1-24-12(22)6-3-7(13(23)25-2)5-8(4-6)20-21-9-10(15)18-14(17)19-11(9)16/h3-5H,1-2H3,(H6,15,16,17,18,19). The SMILES string of the molecule is COC(=O)c1cc(N=Nc2c(N)nc(N)nc2N)cc(C(=O)OC)c1. The van der Waals surface area contributed by atoms with Crippen molar-refractivity contribution in [1.82, 2.24) is 9.97 Å². The molecule has 0 unspecified atom stereocenters. The van der Waals surface area contributed by atoms with E-state index < -0.39 is 11.9 Å². The van der Waals surface area contributed by atoms with E-state index in [0.29, 0.717) is 0 Å². The van der Waals surface area contributed by atoms with Gasteiger partial charge in [0, 0.05) is 0 Å². The summed E-state index contributed by atoms with van der Waals surface area (Å²) in [6.07, 6.45) is 0. The van der Waals surface area contributed by atoms with Gasteiger partial charge in [0.1, 0.15) is 0 Å². The van der Waals surface area contributed by atoms with E-state index in [0.717, 1.165) is 0 Å². The molecule has 0 aliphatic carbocycles. The summed E-state index contributed by atoms with van der Waals surface area (Å²) < 4.78 is 9.27. The summed E-state index contributed by atoms with van der Waals surface area (Å²) in [5.41, 5.74) is 17.1. The van der Waals surface area contributed by atoms with E-state index in [2.05, 4.69) is 29.7 Å². The van der Waals surface area contributed by atoms with E-state index in [9.17, 15) is 9.59 Å². The number of carbonyl (C=O) groups is 2. The highest BCUT2D eigenvalue weighted by molar-refractivity contribution is 5.96. The normalized spacial score (nSPS) is 10.6. The molecule has 11 nitrogen and oxygen atoms in total. The molecule has 0 saturated heterocycles. The van der Waals surface area contributed by atoms with Gasteiger partial charge in [0.05, 0.1) is 31.0 Å². The molecule has 0 atom stereocenters. The number of hydrogen-bond donors (Lipinski definition) is 3. The molecule has 1 aromatic heterocycles. The van der Waals surface area contributed by atoms with Gasteiger partial charge in [-0.05, 0) is 18.2 Å². The number of ether oxygens (including phenoxy) is 2. The Kier molecular flexibility index (Phi) is 5.07. The summed E-state index contributed by atoms with van der Waals surface area (Å²) in [5, 5.41) is 7.77. The molecule has 1 aromatic carbocycles. The fraction of sp³-hybridized carbons (Fsp3) is 0.143. The summed E-state index contributed by atoms with van der Waals surface area (Å²) in [5.74, 6) is -1.54. The van der Waals surface area contributed by atoms with Crippen LogP contribution in [0.3, 0.4) is 0 Å². The fourth-order valence-electron chi connectivity index (χ4n) is 1.86. The average Bonchev–Trinajstić information content (AvgIpc) is 2.59. The number of carbonyl (C=O) groups excluding carboxylic acids is 2. The largest absolute Gasteiger partial charge is 0.465 e. The topological polar surface area (TPSA) is 181 Å². The number of hydrogen-bond acceptors (Lipinski definition) is 11. The van der Waals surface area contributed by atoms with E-state index in [-0.39, 0.29) is 40.1 Å². The molecule has 2 rings (SSSR count). The molecular weight excluding hydrogens is 330 g/mol. The molecule has 130 valence electrons. The highest BCUT2D eigenvalue weighted by Gasteiger charge is 2.14. The van der Waals surface area contributed by atoms with Crippen molar-refractivity contribution in [2.24, 2.45) is 10.2 Å². The van der Waals surface area contributed by atoms with Crippen LogP contribution in [0.25, 0.3) is 0 Å². The zero-order chi connectivity index (χ0) is 18.6. The van der Waals surface area contributed by atoms with Gasteiger partial charge in [-0.2, -0.15) is 15.1 Å². The zero-order valence-corrected chi connectivity index (χ0v) is 13.4. The first-order valence-electron chi connectivity index (χ1n) is 6.77. The first kappa shape index (κ1) is 17.6. The Morgan fingerprint density at radius 2 is 1.36 bits per heavy atom. The van der Waals surface area contributed by atoms with Gasteiger partial charge in [0.15, 0.2) is 17.3 Å². The Morgan fingerprint density at radius 1 is 0.880 bits per heavy atom. The van der Waals surface area contributed by atoms with Gasteiger partial charge in [-0.25, -0.2) is 9.59 Å². The molecule has 0 radical (unpaired) electrons. The van der Waals surface area contributed by atoms with Crippen molar-refractivity contribution >= 4 is 40.9 Å². The summed E-state index contributed by atoms with van der Waals surface area (Å²) in [6.45, 7) is 0.